The number of aliphatic hydroxyl groups is 1. The Bertz CT molecular complexity index is 1480. The molecule has 0 aliphatic carbocycles. The minimum Gasteiger partial charge on any atom is -0.496 e. The van der Waals surface area contributed by atoms with Crippen molar-refractivity contribution in [2.45, 2.75) is 51.1 Å². The van der Waals surface area contributed by atoms with E-state index in [0.717, 1.165) is 23.3 Å². The molecule has 42 heavy (non-hydrogen) atoms. The highest BCUT2D eigenvalue weighted by atomic mass is 19.4. The monoisotopic (exact) mass is 578 g/mol. The first-order valence-electron chi connectivity index (χ1n) is 13.5. The molecule has 0 saturated carbocycles. The summed E-state index contributed by atoms with van der Waals surface area (Å²) in [6.45, 7) is 4.16. The van der Waals surface area contributed by atoms with Gasteiger partial charge >= 0.3 is 12.3 Å². The largest absolute Gasteiger partial charge is 0.496 e. The first-order chi connectivity index (χ1) is 20.1. The number of nitrogens with one attached hydrogen (secondary N) is 1. The summed E-state index contributed by atoms with van der Waals surface area (Å²) < 4.78 is 53.3. The topological polar surface area (TPSA) is 80.7 Å². The lowest BCUT2D eigenvalue weighted by Crippen LogP contribution is -2.27. The molecule has 0 spiro atoms. The molecule has 1 heterocycles. The van der Waals surface area contributed by atoms with Gasteiger partial charge in [-0.1, -0.05) is 62.4 Å². The van der Waals surface area contributed by atoms with E-state index in [1.807, 2.05) is 56.3 Å². The molecule has 6 nitrogen and oxygen atoms in total. The SMILES string of the molecule is COc1ccc(C(C)C)cc1-c1ccc(C(F)(F)F)cc1C(CC(O)c1ccccn1)OC(=O)NCc1ccccc1. The van der Waals surface area contributed by atoms with E-state index in [1.165, 1.54) is 19.4 Å². The van der Waals surface area contributed by atoms with Crippen molar-refractivity contribution in [3.63, 3.8) is 0 Å². The first-order valence-corrected chi connectivity index (χ1v) is 13.5. The second-order valence-electron chi connectivity index (χ2n) is 10.2. The number of nitrogens with zero attached hydrogens (tertiary/aromatic N) is 1. The van der Waals surface area contributed by atoms with E-state index in [2.05, 4.69) is 10.3 Å². The molecule has 0 radical (unpaired) electrons. The number of alkyl halides is 3. The molecule has 3 aromatic carbocycles. The molecule has 220 valence electrons. The first kappa shape index (κ1) is 30.6. The van der Waals surface area contributed by atoms with Gasteiger partial charge in [0.15, 0.2) is 0 Å². The van der Waals surface area contributed by atoms with E-state index in [9.17, 15) is 23.1 Å². The number of rotatable bonds is 10. The van der Waals surface area contributed by atoms with Crippen LogP contribution in [-0.4, -0.2) is 23.3 Å². The molecule has 2 atom stereocenters. The van der Waals surface area contributed by atoms with Crippen LogP contribution in [0.25, 0.3) is 11.1 Å². The molecule has 9 heteroatoms. The lowest BCUT2D eigenvalue weighted by Gasteiger charge is -2.25. The molecule has 0 bridgehead atoms. The number of aromatic nitrogens is 1. The molecular weight excluding hydrogens is 545 g/mol. The molecule has 0 saturated heterocycles. The fourth-order valence-electron chi connectivity index (χ4n) is 4.62. The van der Waals surface area contributed by atoms with Gasteiger partial charge in [-0.15, -0.1) is 0 Å². The number of halogens is 3. The van der Waals surface area contributed by atoms with Crippen LogP contribution in [0.1, 0.15) is 66.3 Å². The Balaban J connectivity index is 1.81. The highest BCUT2D eigenvalue weighted by Gasteiger charge is 2.34. The minimum atomic E-state index is -4.66. The molecule has 0 fully saturated rings. The second kappa shape index (κ2) is 13.5. The van der Waals surface area contributed by atoms with Gasteiger partial charge in [0.1, 0.15) is 11.9 Å². The van der Waals surface area contributed by atoms with Crippen molar-refractivity contribution in [2.24, 2.45) is 0 Å². The molecule has 0 aliphatic heterocycles. The predicted molar refractivity (Wildman–Crippen MR) is 154 cm³/mol. The number of ether oxygens (including phenoxy) is 2. The Hall–Kier alpha value is -4.37. The zero-order valence-corrected chi connectivity index (χ0v) is 23.6. The standard InChI is InChI=1S/C33H33F3N2O4/c1-21(2)23-12-15-30(41-3)26(17-23)25-14-13-24(33(34,35)36)18-27(25)31(19-29(39)28-11-7-8-16-37-28)42-32(40)38-20-22-9-5-4-6-10-22/h4-18,21,29,31,39H,19-20H2,1-3H3,(H,38,40). The van der Waals surface area contributed by atoms with Crippen LogP contribution < -0.4 is 10.1 Å². The van der Waals surface area contributed by atoms with E-state index in [0.29, 0.717) is 22.6 Å². The second-order valence-corrected chi connectivity index (χ2v) is 10.2. The van der Waals surface area contributed by atoms with Gasteiger partial charge in [-0.25, -0.2) is 4.79 Å². The van der Waals surface area contributed by atoms with Crippen LogP contribution in [0.15, 0.2) is 91.1 Å². The summed E-state index contributed by atoms with van der Waals surface area (Å²) in [5.41, 5.74) is 2.15. The van der Waals surface area contributed by atoms with Gasteiger partial charge in [0.25, 0.3) is 0 Å². The number of pyridine rings is 1. The molecule has 4 aromatic rings. The number of aliphatic hydroxyl groups excluding tert-OH is 1. The number of alkyl carbamates (subject to hydrolysis) is 1. The van der Waals surface area contributed by atoms with Crippen molar-refractivity contribution in [2.75, 3.05) is 7.11 Å². The molecule has 0 aliphatic rings. The lowest BCUT2D eigenvalue weighted by molar-refractivity contribution is -0.137. The average molecular weight is 579 g/mol. The zero-order valence-electron chi connectivity index (χ0n) is 23.6. The normalized spacial score (nSPS) is 13.0. The third-order valence-electron chi connectivity index (χ3n) is 6.90. The van der Waals surface area contributed by atoms with Crippen molar-refractivity contribution in [3.05, 3.63) is 119 Å². The number of carbonyl (C=O) groups is 1. The van der Waals surface area contributed by atoms with Crippen LogP contribution in [0.5, 0.6) is 5.75 Å². The third kappa shape index (κ3) is 7.67. The van der Waals surface area contributed by atoms with E-state index >= 15 is 0 Å². The number of amides is 1. The maximum Gasteiger partial charge on any atom is 0.416 e. The predicted octanol–water partition coefficient (Wildman–Crippen LogP) is 7.99. The number of methoxy groups -OCH3 is 1. The van der Waals surface area contributed by atoms with Crippen LogP contribution in [-0.2, 0) is 17.5 Å². The van der Waals surface area contributed by atoms with Crippen LogP contribution in [0.2, 0.25) is 0 Å². The van der Waals surface area contributed by atoms with Crippen LogP contribution in [0.4, 0.5) is 18.0 Å². The van der Waals surface area contributed by atoms with Gasteiger partial charge < -0.3 is 19.9 Å². The summed E-state index contributed by atoms with van der Waals surface area (Å²) in [5, 5.41) is 13.7. The smallest absolute Gasteiger partial charge is 0.416 e. The van der Waals surface area contributed by atoms with Gasteiger partial charge in [0.05, 0.1) is 24.5 Å². The van der Waals surface area contributed by atoms with Gasteiger partial charge in [0, 0.05) is 30.3 Å². The van der Waals surface area contributed by atoms with Gasteiger partial charge in [-0.2, -0.15) is 13.2 Å². The van der Waals surface area contributed by atoms with E-state index in [4.69, 9.17) is 9.47 Å². The van der Waals surface area contributed by atoms with Crippen molar-refractivity contribution >= 4 is 6.09 Å². The van der Waals surface area contributed by atoms with Crippen molar-refractivity contribution in [1.29, 1.82) is 0 Å². The zero-order chi connectivity index (χ0) is 30.3. The summed E-state index contributed by atoms with van der Waals surface area (Å²) in [6.07, 6.45) is -6.75. The number of benzene rings is 3. The molecule has 2 N–H and O–H groups in total. The average Bonchev–Trinajstić information content (AvgIpc) is 2.99. The Kier molecular flexibility index (Phi) is 9.85. The summed E-state index contributed by atoms with van der Waals surface area (Å²) in [4.78, 5) is 17.2. The molecule has 2 unspecified atom stereocenters. The Morgan fingerprint density at radius 2 is 1.69 bits per heavy atom. The number of carbonyl (C=O) groups excluding carboxylic acids is 1. The van der Waals surface area contributed by atoms with Crippen LogP contribution in [0, 0.1) is 0 Å². The van der Waals surface area contributed by atoms with Crippen molar-refractivity contribution in [1.82, 2.24) is 10.3 Å². The molecular formula is C33H33F3N2O4. The van der Waals surface area contributed by atoms with Crippen molar-refractivity contribution < 1.29 is 32.5 Å². The van der Waals surface area contributed by atoms with Crippen LogP contribution >= 0.6 is 0 Å². The Labute approximate surface area is 243 Å². The lowest BCUT2D eigenvalue weighted by atomic mass is 9.89. The molecule has 4 rings (SSSR count). The number of hydrogen-bond donors (Lipinski definition) is 2. The minimum absolute atomic E-state index is 0.0777. The highest BCUT2D eigenvalue weighted by Crippen LogP contribution is 2.43. The van der Waals surface area contributed by atoms with Gasteiger partial charge in [-0.3, -0.25) is 4.98 Å². The van der Waals surface area contributed by atoms with Gasteiger partial charge in [0.2, 0.25) is 0 Å². The fourth-order valence-corrected chi connectivity index (χ4v) is 4.62. The fraction of sp³-hybridized carbons (Fsp3) is 0.273. The summed E-state index contributed by atoms with van der Waals surface area (Å²) in [7, 11) is 1.48. The molecule has 1 amide bonds. The van der Waals surface area contributed by atoms with E-state index in [1.54, 1.807) is 24.3 Å². The maximum absolute atomic E-state index is 14.0. The Morgan fingerprint density at radius 1 is 0.952 bits per heavy atom. The van der Waals surface area contributed by atoms with E-state index in [-0.39, 0.29) is 24.4 Å². The maximum atomic E-state index is 14.0. The highest BCUT2D eigenvalue weighted by molar-refractivity contribution is 5.76. The third-order valence-corrected chi connectivity index (χ3v) is 6.90. The van der Waals surface area contributed by atoms with E-state index < -0.39 is 30.0 Å². The summed E-state index contributed by atoms with van der Waals surface area (Å²) >= 11 is 0. The number of hydrogen-bond acceptors (Lipinski definition) is 5. The summed E-state index contributed by atoms with van der Waals surface area (Å²) in [6, 6.07) is 22.9. The quantitative estimate of drug-likeness (QED) is 0.199. The van der Waals surface area contributed by atoms with Crippen LogP contribution in [0.3, 0.4) is 0 Å². The van der Waals surface area contributed by atoms with Gasteiger partial charge in [-0.05, 0) is 59.0 Å². The Morgan fingerprint density at radius 3 is 2.33 bits per heavy atom. The van der Waals surface area contributed by atoms with Crippen molar-refractivity contribution in [3.8, 4) is 16.9 Å². The molecule has 1 aromatic heterocycles. The summed E-state index contributed by atoms with van der Waals surface area (Å²) in [5.74, 6) is 0.576.